The van der Waals surface area contributed by atoms with E-state index in [1.807, 2.05) is 0 Å². The number of hydrogen-bond acceptors (Lipinski definition) is 5. The van der Waals surface area contributed by atoms with Crippen LogP contribution in [0.4, 0.5) is 11.5 Å². The average molecular weight is 332 g/mol. The van der Waals surface area contributed by atoms with Crippen molar-refractivity contribution in [1.82, 2.24) is 19.7 Å². The highest BCUT2D eigenvalue weighted by molar-refractivity contribution is 9.10. The summed E-state index contributed by atoms with van der Waals surface area (Å²) in [4.78, 5) is 19.1. The smallest absolute Gasteiger partial charge is 0.269 e. The summed E-state index contributed by atoms with van der Waals surface area (Å²) in [7, 11) is 1.62. The van der Waals surface area contributed by atoms with Crippen molar-refractivity contribution in [2.24, 2.45) is 12.8 Å². The number of anilines is 2. The molecule has 0 radical (unpaired) electrons. The van der Waals surface area contributed by atoms with Crippen LogP contribution in [-0.2, 0) is 7.05 Å². The van der Waals surface area contributed by atoms with Gasteiger partial charge in [0.15, 0.2) is 0 Å². The maximum absolute atomic E-state index is 11.3. The van der Waals surface area contributed by atoms with E-state index in [-0.39, 0.29) is 11.0 Å². The number of hydrogen-bond donors (Lipinski definition) is 2. The van der Waals surface area contributed by atoms with Crippen LogP contribution >= 0.6 is 27.5 Å². The van der Waals surface area contributed by atoms with Gasteiger partial charge in [-0.05, 0) is 27.5 Å². The van der Waals surface area contributed by atoms with Crippen molar-refractivity contribution < 1.29 is 4.79 Å². The summed E-state index contributed by atoms with van der Waals surface area (Å²) in [6.45, 7) is 0. The fraction of sp³-hybridized carbons (Fsp3) is 0.111. The van der Waals surface area contributed by atoms with Gasteiger partial charge in [0.25, 0.3) is 5.91 Å². The summed E-state index contributed by atoms with van der Waals surface area (Å²) in [5.41, 5.74) is 5.96. The second kappa shape index (κ2) is 4.91. The van der Waals surface area contributed by atoms with Crippen LogP contribution in [0.5, 0.6) is 0 Å². The van der Waals surface area contributed by atoms with Gasteiger partial charge in [-0.1, -0.05) is 0 Å². The molecule has 0 saturated carbocycles. The number of amides is 1. The van der Waals surface area contributed by atoms with Crippen molar-refractivity contribution in [2.45, 2.75) is 0 Å². The fourth-order valence-electron chi connectivity index (χ4n) is 1.38. The molecular weight excluding hydrogens is 323 g/mol. The molecule has 0 aliphatic rings. The van der Waals surface area contributed by atoms with Gasteiger partial charge in [0.05, 0.1) is 16.4 Å². The molecule has 0 atom stereocenters. The van der Waals surface area contributed by atoms with Crippen LogP contribution in [0.3, 0.4) is 0 Å². The Morgan fingerprint density at radius 2 is 2.28 bits per heavy atom. The average Bonchev–Trinajstić information content (AvgIpc) is 2.65. The minimum atomic E-state index is -0.589. The molecule has 2 rings (SSSR count). The SMILES string of the molecule is Cn1ncc(Nc2nc(Cl)ncc2Br)c1C(N)=O. The van der Waals surface area contributed by atoms with Gasteiger partial charge in [0.2, 0.25) is 5.28 Å². The van der Waals surface area contributed by atoms with Gasteiger partial charge in [-0.3, -0.25) is 9.48 Å². The first kappa shape index (κ1) is 12.8. The third-order valence-corrected chi connectivity index (χ3v) is 2.90. The Bertz CT molecular complexity index is 613. The number of nitrogens with zero attached hydrogens (tertiary/aromatic N) is 4. The summed E-state index contributed by atoms with van der Waals surface area (Å²) in [6.07, 6.45) is 2.97. The van der Waals surface area contributed by atoms with E-state index in [0.717, 1.165) is 0 Å². The number of carbonyl (C=O) groups is 1. The molecule has 0 aliphatic heterocycles. The molecule has 2 aromatic rings. The Balaban J connectivity index is 2.40. The molecule has 9 heteroatoms. The molecule has 3 N–H and O–H groups in total. The van der Waals surface area contributed by atoms with E-state index >= 15 is 0 Å². The van der Waals surface area contributed by atoms with E-state index < -0.39 is 5.91 Å². The van der Waals surface area contributed by atoms with E-state index in [1.165, 1.54) is 17.1 Å². The Hall–Kier alpha value is -1.67. The lowest BCUT2D eigenvalue weighted by Gasteiger charge is -2.07. The molecule has 2 aromatic heterocycles. The zero-order valence-corrected chi connectivity index (χ0v) is 11.5. The number of rotatable bonds is 3. The number of nitrogens with one attached hydrogen (secondary N) is 1. The zero-order valence-electron chi connectivity index (χ0n) is 9.19. The van der Waals surface area contributed by atoms with Crippen molar-refractivity contribution in [2.75, 3.05) is 5.32 Å². The van der Waals surface area contributed by atoms with Gasteiger partial charge in [-0.15, -0.1) is 0 Å². The first-order valence-corrected chi connectivity index (χ1v) is 5.93. The summed E-state index contributed by atoms with van der Waals surface area (Å²) >= 11 is 8.96. The van der Waals surface area contributed by atoms with Crippen LogP contribution < -0.4 is 11.1 Å². The van der Waals surface area contributed by atoms with E-state index in [4.69, 9.17) is 17.3 Å². The number of aromatic nitrogens is 4. The lowest BCUT2D eigenvalue weighted by atomic mass is 10.3. The molecule has 0 saturated heterocycles. The van der Waals surface area contributed by atoms with E-state index in [1.54, 1.807) is 7.05 Å². The van der Waals surface area contributed by atoms with Crippen LogP contribution in [0.15, 0.2) is 16.9 Å². The summed E-state index contributed by atoms with van der Waals surface area (Å²) < 4.78 is 1.98. The Kier molecular flexibility index (Phi) is 3.48. The first-order chi connectivity index (χ1) is 8.49. The van der Waals surface area contributed by atoms with Gasteiger partial charge < -0.3 is 11.1 Å². The van der Waals surface area contributed by atoms with E-state index in [0.29, 0.717) is 16.0 Å². The molecular formula is C9H8BrClN6O. The molecule has 2 heterocycles. The quantitative estimate of drug-likeness (QED) is 0.830. The number of aryl methyl sites for hydroxylation is 1. The molecule has 0 aliphatic carbocycles. The molecule has 0 aromatic carbocycles. The number of carbonyl (C=O) groups excluding carboxylic acids is 1. The Labute approximate surface area is 115 Å². The van der Waals surface area contributed by atoms with Crippen molar-refractivity contribution in [3.63, 3.8) is 0 Å². The molecule has 7 nitrogen and oxygen atoms in total. The number of halogens is 2. The zero-order chi connectivity index (χ0) is 13.3. The molecule has 0 fully saturated rings. The van der Waals surface area contributed by atoms with E-state index in [9.17, 15) is 4.79 Å². The van der Waals surface area contributed by atoms with Gasteiger partial charge >= 0.3 is 0 Å². The molecule has 0 spiro atoms. The van der Waals surface area contributed by atoms with Crippen molar-refractivity contribution in [1.29, 1.82) is 0 Å². The monoisotopic (exact) mass is 330 g/mol. The topological polar surface area (TPSA) is 98.7 Å². The highest BCUT2D eigenvalue weighted by atomic mass is 79.9. The third-order valence-electron chi connectivity index (χ3n) is 2.14. The van der Waals surface area contributed by atoms with Crippen LogP contribution in [0, 0.1) is 0 Å². The highest BCUT2D eigenvalue weighted by Gasteiger charge is 2.15. The van der Waals surface area contributed by atoms with Gasteiger partial charge in [0.1, 0.15) is 11.5 Å². The van der Waals surface area contributed by atoms with Gasteiger partial charge in [-0.2, -0.15) is 10.1 Å². The largest absolute Gasteiger partial charge is 0.364 e. The predicted octanol–water partition coefficient (Wildman–Crippen LogP) is 1.47. The molecule has 0 unspecified atom stereocenters. The third kappa shape index (κ3) is 2.44. The number of nitrogens with two attached hydrogens (primary N) is 1. The highest BCUT2D eigenvalue weighted by Crippen LogP contribution is 2.25. The fourth-order valence-corrected chi connectivity index (χ4v) is 1.81. The van der Waals surface area contributed by atoms with Crippen LogP contribution in [0.1, 0.15) is 10.5 Å². The molecule has 94 valence electrons. The Morgan fingerprint density at radius 1 is 1.56 bits per heavy atom. The minimum absolute atomic E-state index is 0.0882. The van der Waals surface area contributed by atoms with Crippen molar-refractivity contribution in [3.05, 3.63) is 27.8 Å². The minimum Gasteiger partial charge on any atom is -0.364 e. The lowest BCUT2D eigenvalue weighted by Crippen LogP contribution is -2.17. The maximum atomic E-state index is 11.3. The van der Waals surface area contributed by atoms with Gasteiger partial charge in [-0.25, -0.2) is 4.98 Å². The Morgan fingerprint density at radius 3 is 2.94 bits per heavy atom. The van der Waals surface area contributed by atoms with Crippen LogP contribution in [0.25, 0.3) is 0 Å². The van der Waals surface area contributed by atoms with Crippen LogP contribution in [-0.4, -0.2) is 25.7 Å². The second-order valence-corrected chi connectivity index (χ2v) is 4.55. The maximum Gasteiger partial charge on any atom is 0.269 e. The lowest BCUT2D eigenvalue weighted by molar-refractivity contribution is 0.0992. The van der Waals surface area contributed by atoms with Crippen LogP contribution in [0.2, 0.25) is 5.28 Å². The van der Waals surface area contributed by atoms with Gasteiger partial charge in [0, 0.05) is 13.2 Å². The summed E-state index contributed by atoms with van der Waals surface area (Å²) in [6, 6.07) is 0. The van der Waals surface area contributed by atoms with Crippen molar-refractivity contribution >= 4 is 44.9 Å². The standard InChI is InChI=1S/C9H8BrClN6O/c1-17-6(7(12)18)5(3-14-17)15-8-4(10)2-13-9(11)16-8/h2-3H,1H3,(H2,12,18)(H,13,15,16). The first-order valence-electron chi connectivity index (χ1n) is 4.76. The molecule has 18 heavy (non-hydrogen) atoms. The summed E-state index contributed by atoms with van der Waals surface area (Å²) in [5, 5.41) is 6.95. The van der Waals surface area contributed by atoms with E-state index in [2.05, 4.69) is 36.3 Å². The predicted molar refractivity (Wildman–Crippen MR) is 69.8 cm³/mol. The molecule has 0 bridgehead atoms. The van der Waals surface area contributed by atoms with Crippen molar-refractivity contribution in [3.8, 4) is 0 Å². The number of primary amides is 1. The summed E-state index contributed by atoms with van der Waals surface area (Å²) in [5.74, 6) is -0.167. The molecule has 1 amide bonds. The second-order valence-electron chi connectivity index (χ2n) is 3.36. The normalized spacial score (nSPS) is 10.4.